The molecule has 3 heterocycles. The zero-order chi connectivity index (χ0) is 14.1. The number of nitrogen functional groups attached to an aromatic ring is 1. The first-order valence-electron chi connectivity index (χ1n) is 6.90. The molecule has 0 spiro atoms. The summed E-state index contributed by atoms with van der Waals surface area (Å²) in [5, 5.41) is 14.4. The maximum atomic E-state index is 10.9. The van der Waals surface area contributed by atoms with Gasteiger partial charge in [0.2, 0.25) is 0 Å². The Kier molecular flexibility index (Phi) is 3.45. The predicted octanol–water partition coefficient (Wildman–Crippen LogP) is 1.39. The number of piperidine rings is 3. The molecule has 108 valence electrons. The van der Waals surface area contributed by atoms with Crippen molar-refractivity contribution in [1.29, 1.82) is 0 Å². The third-order valence-corrected chi connectivity index (χ3v) is 4.30. The summed E-state index contributed by atoms with van der Waals surface area (Å²) in [5.41, 5.74) is 3.82. The largest absolute Gasteiger partial charge is 0.380 e. The average Bonchev–Trinajstić information content (AvgIpc) is 2.48. The van der Waals surface area contributed by atoms with Gasteiger partial charge in [-0.15, -0.1) is 0 Å². The van der Waals surface area contributed by atoms with Crippen LogP contribution in [0, 0.1) is 16.0 Å². The molecule has 7 nitrogen and oxygen atoms in total. The third kappa shape index (κ3) is 2.54. The topological polar surface area (TPSA) is 96.5 Å². The smallest absolute Gasteiger partial charge is 0.273 e. The van der Waals surface area contributed by atoms with Gasteiger partial charge in [0.05, 0.1) is 10.6 Å². The minimum Gasteiger partial charge on any atom is -0.380 e. The Balaban J connectivity index is 1.79. The van der Waals surface area contributed by atoms with E-state index in [0.29, 0.717) is 17.6 Å². The highest BCUT2D eigenvalue weighted by Gasteiger charge is 2.34. The first-order valence-corrected chi connectivity index (χ1v) is 6.90. The lowest BCUT2D eigenvalue weighted by atomic mass is 9.84. The van der Waals surface area contributed by atoms with E-state index in [1.807, 2.05) is 6.07 Å². The fourth-order valence-corrected chi connectivity index (χ4v) is 3.23. The Morgan fingerprint density at radius 3 is 2.50 bits per heavy atom. The molecule has 1 aromatic carbocycles. The Hall–Kier alpha value is -1.86. The van der Waals surface area contributed by atoms with Gasteiger partial charge in [-0.25, -0.2) is 0 Å². The molecule has 2 bridgehead atoms. The number of nitrogens with one attached hydrogen (secondary N) is 2. The van der Waals surface area contributed by atoms with Crippen LogP contribution < -0.4 is 16.6 Å². The number of non-ortho nitro benzene ring substituents is 1. The fourth-order valence-electron chi connectivity index (χ4n) is 3.23. The number of fused-ring (bicyclic) bond motifs is 3. The fraction of sp³-hybridized carbons (Fsp3) is 0.538. The van der Waals surface area contributed by atoms with E-state index < -0.39 is 4.92 Å². The molecular formula is C13H19N5O2. The number of hydrogen-bond donors (Lipinski definition) is 3. The van der Waals surface area contributed by atoms with Gasteiger partial charge in [0.25, 0.3) is 5.69 Å². The van der Waals surface area contributed by atoms with Gasteiger partial charge >= 0.3 is 0 Å². The zero-order valence-corrected chi connectivity index (χ0v) is 11.2. The van der Waals surface area contributed by atoms with Crippen LogP contribution in [0.25, 0.3) is 0 Å². The first-order chi connectivity index (χ1) is 9.65. The van der Waals surface area contributed by atoms with Crippen molar-refractivity contribution in [2.75, 3.05) is 30.4 Å². The van der Waals surface area contributed by atoms with Gasteiger partial charge < -0.3 is 15.6 Å². The van der Waals surface area contributed by atoms with Crippen LogP contribution in [0.4, 0.5) is 17.1 Å². The molecule has 3 aliphatic heterocycles. The zero-order valence-electron chi connectivity index (χ0n) is 11.2. The van der Waals surface area contributed by atoms with Crippen LogP contribution >= 0.6 is 0 Å². The van der Waals surface area contributed by atoms with Gasteiger partial charge in [-0.1, -0.05) is 0 Å². The Morgan fingerprint density at radius 2 is 1.95 bits per heavy atom. The number of nitrogens with zero attached hydrogens (tertiary/aromatic N) is 2. The molecule has 0 aromatic heterocycles. The van der Waals surface area contributed by atoms with Crippen LogP contribution in [0.1, 0.15) is 12.8 Å². The van der Waals surface area contributed by atoms with E-state index in [-0.39, 0.29) is 5.69 Å². The van der Waals surface area contributed by atoms with Crippen LogP contribution in [0.5, 0.6) is 0 Å². The second-order valence-electron chi connectivity index (χ2n) is 5.56. The number of nitrogens with two attached hydrogens (primary N) is 1. The molecule has 4 N–H and O–H groups in total. The predicted molar refractivity (Wildman–Crippen MR) is 77.5 cm³/mol. The van der Waals surface area contributed by atoms with E-state index in [1.165, 1.54) is 32.0 Å². The minimum absolute atomic E-state index is 0.0456. The summed E-state index contributed by atoms with van der Waals surface area (Å²) in [7, 11) is 0. The Morgan fingerprint density at radius 1 is 1.25 bits per heavy atom. The second kappa shape index (κ2) is 5.26. The summed E-state index contributed by atoms with van der Waals surface area (Å²) in [4.78, 5) is 13.0. The number of nitro groups is 1. The summed E-state index contributed by atoms with van der Waals surface area (Å²) in [5.74, 6) is 6.03. The van der Waals surface area contributed by atoms with Crippen molar-refractivity contribution in [3.05, 3.63) is 28.3 Å². The van der Waals surface area contributed by atoms with Crippen molar-refractivity contribution in [3.8, 4) is 0 Å². The van der Waals surface area contributed by atoms with Crippen molar-refractivity contribution in [2.45, 2.75) is 18.9 Å². The summed E-state index contributed by atoms with van der Waals surface area (Å²) in [6, 6.07) is 5.18. The standard InChI is InChI=1S/C13H19N5O2/c14-16-11-5-10(6-12(7-11)18(19)20)15-13-8-17-3-1-9(13)2-4-17/h5-7,9,13,15-16H,1-4,8,14H2. The SMILES string of the molecule is NNc1cc(NC2CN3CCC2CC3)cc([N+](=O)[O-])c1. The van der Waals surface area contributed by atoms with E-state index in [4.69, 9.17) is 5.84 Å². The van der Waals surface area contributed by atoms with Gasteiger partial charge in [0, 0.05) is 30.4 Å². The van der Waals surface area contributed by atoms with Crippen LogP contribution in [0.15, 0.2) is 18.2 Å². The molecule has 1 atom stereocenters. The third-order valence-electron chi connectivity index (χ3n) is 4.30. The lowest BCUT2D eigenvalue weighted by Crippen LogP contribution is -2.53. The van der Waals surface area contributed by atoms with Gasteiger partial charge in [0.15, 0.2) is 0 Å². The van der Waals surface area contributed by atoms with Crippen LogP contribution in [-0.2, 0) is 0 Å². The van der Waals surface area contributed by atoms with Crippen molar-refractivity contribution >= 4 is 17.1 Å². The van der Waals surface area contributed by atoms with Crippen molar-refractivity contribution in [2.24, 2.45) is 11.8 Å². The van der Waals surface area contributed by atoms with E-state index in [1.54, 1.807) is 6.07 Å². The molecule has 1 aromatic rings. The number of rotatable bonds is 4. The summed E-state index contributed by atoms with van der Waals surface area (Å²) < 4.78 is 0. The molecule has 0 amide bonds. The van der Waals surface area contributed by atoms with Crippen molar-refractivity contribution in [1.82, 2.24) is 4.90 Å². The average molecular weight is 277 g/mol. The Bertz CT molecular complexity index is 513. The number of anilines is 2. The molecule has 7 heteroatoms. The van der Waals surface area contributed by atoms with Crippen LogP contribution in [0.3, 0.4) is 0 Å². The molecule has 3 aliphatic rings. The quantitative estimate of drug-likeness (QED) is 0.437. The normalized spacial score (nSPS) is 28.1. The van der Waals surface area contributed by atoms with Gasteiger partial charge in [-0.3, -0.25) is 16.0 Å². The summed E-state index contributed by atoms with van der Waals surface area (Å²) >= 11 is 0. The molecule has 20 heavy (non-hydrogen) atoms. The van der Waals surface area contributed by atoms with Gasteiger partial charge in [-0.05, 0) is 37.9 Å². The molecule has 3 saturated heterocycles. The van der Waals surface area contributed by atoms with E-state index in [2.05, 4.69) is 15.6 Å². The monoisotopic (exact) mass is 277 g/mol. The molecule has 0 saturated carbocycles. The van der Waals surface area contributed by atoms with Gasteiger partial charge in [-0.2, -0.15) is 0 Å². The molecule has 0 radical (unpaired) electrons. The number of nitro benzene ring substituents is 1. The minimum atomic E-state index is -0.400. The highest BCUT2D eigenvalue weighted by atomic mass is 16.6. The van der Waals surface area contributed by atoms with Crippen LogP contribution in [0.2, 0.25) is 0 Å². The van der Waals surface area contributed by atoms with E-state index in [0.717, 1.165) is 12.2 Å². The lowest BCUT2D eigenvalue weighted by molar-refractivity contribution is -0.384. The van der Waals surface area contributed by atoms with Crippen molar-refractivity contribution < 1.29 is 4.92 Å². The van der Waals surface area contributed by atoms with Gasteiger partial charge in [0.1, 0.15) is 0 Å². The molecule has 4 rings (SSSR count). The van der Waals surface area contributed by atoms with Crippen LogP contribution in [-0.4, -0.2) is 35.5 Å². The number of hydrogen-bond acceptors (Lipinski definition) is 6. The Labute approximate surface area is 117 Å². The number of hydrazine groups is 1. The summed E-state index contributed by atoms with van der Waals surface area (Å²) in [6.45, 7) is 3.36. The lowest BCUT2D eigenvalue weighted by Gasteiger charge is -2.45. The highest BCUT2D eigenvalue weighted by Crippen LogP contribution is 2.31. The number of benzene rings is 1. The maximum Gasteiger partial charge on any atom is 0.273 e. The molecule has 3 fully saturated rings. The van der Waals surface area contributed by atoms with E-state index >= 15 is 0 Å². The highest BCUT2D eigenvalue weighted by molar-refractivity contribution is 5.63. The summed E-state index contributed by atoms with van der Waals surface area (Å²) in [6.07, 6.45) is 2.41. The molecule has 1 unspecified atom stereocenters. The first kappa shape index (κ1) is 13.1. The maximum absolute atomic E-state index is 10.9. The second-order valence-corrected chi connectivity index (χ2v) is 5.56. The molecule has 0 aliphatic carbocycles. The van der Waals surface area contributed by atoms with Crippen molar-refractivity contribution in [3.63, 3.8) is 0 Å². The molecular weight excluding hydrogens is 258 g/mol. The van der Waals surface area contributed by atoms with E-state index in [9.17, 15) is 10.1 Å².